The predicted molar refractivity (Wildman–Crippen MR) is 193 cm³/mol. The smallest absolute Gasteiger partial charge is 0.327 e. The van der Waals surface area contributed by atoms with E-state index in [0.29, 0.717) is 11.4 Å². The minimum Gasteiger partial charge on any atom is -0.480 e. The Balaban J connectivity index is 1.54. The van der Waals surface area contributed by atoms with Gasteiger partial charge in [0.25, 0.3) is 11.5 Å². The number of carbonyl (C=O) groups is 6. The first-order valence-corrected chi connectivity index (χ1v) is 16.4. The molecule has 0 radical (unpaired) electrons. The van der Waals surface area contributed by atoms with Gasteiger partial charge in [0, 0.05) is 30.0 Å². The fraction of sp³-hybridized carbons (Fsp3) is 0.367. The number of carbonyl (C=O) groups excluding carboxylic acids is 4. The maximum atomic E-state index is 12.9. The van der Waals surface area contributed by atoms with E-state index in [1.165, 1.54) is 18.3 Å². The normalized spacial score (nSPS) is 12.4. The Kier molecular flexibility index (Phi) is 15.3. The van der Waals surface area contributed by atoms with Crippen molar-refractivity contribution in [3.05, 3.63) is 52.1 Å². The van der Waals surface area contributed by atoms with Crippen LogP contribution in [0.4, 0.5) is 11.6 Å². The molecule has 0 aliphatic rings. The molecule has 22 nitrogen and oxygen atoms in total. The van der Waals surface area contributed by atoms with E-state index in [0.717, 1.165) is 0 Å². The number of nitrogens with one attached hydrogen (secondary N) is 6. The first-order valence-electron chi connectivity index (χ1n) is 15.8. The number of amides is 4. The lowest BCUT2D eigenvalue weighted by atomic mass is 10.1. The minimum absolute atomic E-state index is 0.0148. The number of fused-ring (bicyclic) bond motifs is 1. The number of aromatic nitrogens is 4. The molecule has 0 aliphatic heterocycles. The number of hydrogen-bond donors (Lipinski definition) is 12. The molecule has 0 aliphatic carbocycles. The predicted octanol–water partition coefficient (Wildman–Crippen LogP) is -2.98. The lowest BCUT2D eigenvalue weighted by Crippen LogP contribution is -2.51. The van der Waals surface area contributed by atoms with Gasteiger partial charge in [-0.2, -0.15) is 17.6 Å². The third kappa shape index (κ3) is 13.3. The third-order valence-corrected chi connectivity index (χ3v) is 7.57. The summed E-state index contributed by atoms with van der Waals surface area (Å²) in [6.07, 6.45) is 0.934. The molecular weight excluding hydrogens is 718 g/mol. The van der Waals surface area contributed by atoms with Crippen molar-refractivity contribution < 1.29 is 39.0 Å². The van der Waals surface area contributed by atoms with Gasteiger partial charge in [0.2, 0.25) is 23.7 Å². The molecule has 23 heteroatoms. The van der Waals surface area contributed by atoms with Gasteiger partial charge in [0.05, 0.1) is 25.0 Å². The summed E-state index contributed by atoms with van der Waals surface area (Å²) in [5, 5.41) is 31.2. The van der Waals surface area contributed by atoms with Crippen molar-refractivity contribution >= 4 is 77.0 Å². The van der Waals surface area contributed by atoms with Gasteiger partial charge >= 0.3 is 11.9 Å². The number of anilines is 2. The van der Waals surface area contributed by atoms with Gasteiger partial charge in [-0.3, -0.25) is 33.9 Å². The number of carboxylic acids is 2. The van der Waals surface area contributed by atoms with Crippen molar-refractivity contribution in [2.75, 3.05) is 29.9 Å². The zero-order valence-electron chi connectivity index (χ0n) is 28.0. The van der Waals surface area contributed by atoms with Crippen LogP contribution in [0.2, 0.25) is 0 Å². The van der Waals surface area contributed by atoms with Crippen LogP contribution in [-0.2, 0) is 30.5 Å². The van der Waals surface area contributed by atoms with Crippen LogP contribution in [0, 0.1) is 0 Å². The Bertz CT molecular complexity index is 1900. The Hall–Kier alpha value is -6.52. The van der Waals surface area contributed by atoms with Crippen molar-refractivity contribution in [3.8, 4) is 0 Å². The standard InChI is InChI=1S/C30H39N13O9S/c31-29(32)34-9-1-2-17(25(47)37-12-21(45)40-19(13-53)28(51)52)39-20(44)8-7-18(27(49)50)41-24(46)14-3-5-15(6-4-14)35-10-16-11-36-23-22(38-16)26(48)43-30(33)42-23/h3-6,11,17-19,35,53H,1-2,7-10,12-13H2,(H,37,47)(H,39,44)(H,40,45)(H,41,46)(H,49,50)(H,51,52)(H4,31,32,34)(H3,33,36,42,43,48). The molecule has 0 saturated carbocycles. The molecule has 4 amide bonds. The van der Waals surface area contributed by atoms with Crippen LogP contribution >= 0.6 is 12.6 Å². The fourth-order valence-electron chi connectivity index (χ4n) is 4.52. The van der Waals surface area contributed by atoms with E-state index >= 15 is 0 Å². The second-order valence-electron chi connectivity index (χ2n) is 11.2. The number of H-pyrrole nitrogens is 1. The maximum absolute atomic E-state index is 12.9. The number of aliphatic imine (C=N–C) groups is 1. The lowest BCUT2D eigenvalue weighted by Gasteiger charge is -2.20. The topological polar surface area (TPSA) is 365 Å². The number of nitrogens with zero attached hydrogens (tertiary/aromatic N) is 4. The van der Waals surface area contributed by atoms with Gasteiger partial charge in [-0.1, -0.05) is 0 Å². The summed E-state index contributed by atoms with van der Waals surface area (Å²) >= 11 is 3.85. The molecule has 2 heterocycles. The number of nitrogens with two attached hydrogens (primary N) is 3. The summed E-state index contributed by atoms with van der Waals surface area (Å²) in [5.41, 5.74) is 16.8. The molecule has 3 unspecified atom stereocenters. The Morgan fingerprint density at radius 2 is 1.58 bits per heavy atom. The highest BCUT2D eigenvalue weighted by Gasteiger charge is 2.25. The van der Waals surface area contributed by atoms with Crippen LogP contribution < -0.4 is 49.3 Å². The summed E-state index contributed by atoms with van der Waals surface area (Å²) in [4.78, 5) is 104. The highest BCUT2D eigenvalue weighted by molar-refractivity contribution is 7.80. The number of benzene rings is 1. The lowest BCUT2D eigenvalue weighted by molar-refractivity contribution is -0.141. The second kappa shape index (κ2) is 19.8. The van der Waals surface area contributed by atoms with Crippen molar-refractivity contribution in [1.82, 2.24) is 41.2 Å². The van der Waals surface area contributed by atoms with Crippen molar-refractivity contribution in [1.29, 1.82) is 0 Å². The molecular formula is C30H39N13O9S. The molecule has 3 aromatic rings. The van der Waals surface area contributed by atoms with Gasteiger partial charge in [-0.15, -0.1) is 0 Å². The maximum Gasteiger partial charge on any atom is 0.327 e. The first-order chi connectivity index (χ1) is 25.2. The Morgan fingerprint density at radius 3 is 2.23 bits per heavy atom. The highest BCUT2D eigenvalue weighted by atomic mass is 32.1. The number of rotatable bonds is 20. The van der Waals surface area contributed by atoms with Crippen LogP contribution in [0.5, 0.6) is 0 Å². The van der Waals surface area contributed by atoms with E-state index in [4.69, 9.17) is 22.3 Å². The van der Waals surface area contributed by atoms with E-state index in [9.17, 15) is 38.7 Å². The fourth-order valence-corrected chi connectivity index (χ4v) is 4.77. The number of thiol groups is 1. The number of carboxylic acid groups (broad SMARTS) is 2. The van der Waals surface area contributed by atoms with Crippen LogP contribution in [0.3, 0.4) is 0 Å². The van der Waals surface area contributed by atoms with Gasteiger partial charge < -0.3 is 54.0 Å². The van der Waals surface area contributed by atoms with E-state index in [1.807, 2.05) is 0 Å². The number of guanidine groups is 1. The molecule has 2 aromatic heterocycles. The van der Waals surface area contributed by atoms with Gasteiger partial charge in [0.1, 0.15) is 18.1 Å². The minimum atomic E-state index is -1.47. The van der Waals surface area contributed by atoms with Crippen molar-refractivity contribution in [2.45, 2.75) is 50.4 Å². The van der Waals surface area contributed by atoms with E-state index in [2.05, 4.69) is 64.1 Å². The molecule has 3 rings (SSSR count). The molecule has 0 saturated heterocycles. The number of aliphatic carboxylic acids is 2. The molecule has 1 aromatic carbocycles. The largest absolute Gasteiger partial charge is 0.480 e. The van der Waals surface area contributed by atoms with Crippen LogP contribution in [-0.4, -0.2) is 109 Å². The first kappa shape index (κ1) is 40.9. The third-order valence-electron chi connectivity index (χ3n) is 7.21. The summed E-state index contributed by atoms with van der Waals surface area (Å²) in [6, 6.07) is 2.06. The van der Waals surface area contributed by atoms with E-state index in [1.54, 1.807) is 12.1 Å². The van der Waals surface area contributed by atoms with Gasteiger partial charge in [-0.05, 0) is 43.5 Å². The number of aromatic amines is 1. The van der Waals surface area contributed by atoms with E-state index < -0.39 is 72.2 Å². The molecule has 284 valence electrons. The number of nitrogen functional groups attached to an aromatic ring is 1. The molecule has 0 fully saturated rings. The molecule has 0 bridgehead atoms. The number of hydrogen-bond acceptors (Lipinski definition) is 14. The zero-order valence-corrected chi connectivity index (χ0v) is 28.9. The quantitative estimate of drug-likeness (QED) is 0.0237. The van der Waals surface area contributed by atoms with Gasteiger partial charge in [0.15, 0.2) is 17.1 Å². The molecule has 3 atom stereocenters. The van der Waals surface area contributed by atoms with Crippen molar-refractivity contribution in [2.24, 2.45) is 16.5 Å². The summed E-state index contributed by atoms with van der Waals surface area (Å²) in [5.74, 6) is -6.23. The van der Waals surface area contributed by atoms with Crippen molar-refractivity contribution in [3.63, 3.8) is 0 Å². The zero-order chi connectivity index (χ0) is 39.1. The molecule has 14 N–H and O–H groups in total. The van der Waals surface area contributed by atoms with Gasteiger partial charge in [-0.25, -0.2) is 19.6 Å². The molecule has 0 spiro atoms. The highest BCUT2D eigenvalue weighted by Crippen LogP contribution is 2.13. The van der Waals surface area contributed by atoms with E-state index in [-0.39, 0.29) is 66.7 Å². The summed E-state index contributed by atoms with van der Waals surface area (Å²) in [7, 11) is 0. The van der Waals surface area contributed by atoms with Crippen LogP contribution in [0.15, 0.2) is 40.2 Å². The Morgan fingerprint density at radius 1 is 0.906 bits per heavy atom. The summed E-state index contributed by atoms with van der Waals surface area (Å²) in [6.45, 7) is -0.319. The monoisotopic (exact) mass is 757 g/mol. The van der Waals surface area contributed by atoms with Crippen LogP contribution in [0.25, 0.3) is 11.2 Å². The SMILES string of the molecule is NC(N)=NCCCC(NC(=O)CCC(NC(=O)c1ccc(NCc2cnc3nc(N)[nH]c(=O)c3n2)cc1)C(=O)O)C(=O)NCC(=O)NC(CS)C(=O)O. The van der Waals surface area contributed by atoms with Crippen LogP contribution in [0.1, 0.15) is 41.7 Å². The molecule has 53 heavy (non-hydrogen) atoms. The Labute approximate surface area is 305 Å². The average molecular weight is 758 g/mol. The second-order valence-corrected chi connectivity index (χ2v) is 11.6. The summed E-state index contributed by atoms with van der Waals surface area (Å²) < 4.78 is 0. The average Bonchev–Trinajstić information content (AvgIpc) is 3.11.